The van der Waals surface area contributed by atoms with Crippen LogP contribution in [0.4, 0.5) is 4.79 Å². The Morgan fingerprint density at radius 2 is 1.95 bits per heavy atom. The second-order valence-corrected chi connectivity index (χ2v) is 5.74. The second kappa shape index (κ2) is 7.36. The van der Waals surface area contributed by atoms with Gasteiger partial charge in [-0.1, -0.05) is 27.2 Å². The third-order valence-corrected chi connectivity index (χ3v) is 3.37. The zero-order chi connectivity index (χ0) is 14.4. The van der Waals surface area contributed by atoms with Crippen molar-refractivity contribution in [3.8, 4) is 0 Å². The van der Waals surface area contributed by atoms with Gasteiger partial charge in [-0.25, -0.2) is 9.59 Å². The van der Waals surface area contributed by atoms with Crippen molar-refractivity contribution >= 4 is 12.0 Å². The molecule has 0 bridgehead atoms. The molecular weight excluding hydrogens is 244 g/mol. The van der Waals surface area contributed by atoms with E-state index in [4.69, 9.17) is 5.11 Å². The van der Waals surface area contributed by atoms with Crippen LogP contribution >= 0.6 is 0 Å². The summed E-state index contributed by atoms with van der Waals surface area (Å²) in [6, 6.07) is -0.670. The predicted molar refractivity (Wildman–Crippen MR) is 74.0 cm³/mol. The van der Waals surface area contributed by atoms with Gasteiger partial charge >= 0.3 is 12.0 Å². The fraction of sp³-hybridized carbons (Fsp3) is 0.857. The van der Waals surface area contributed by atoms with Crippen LogP contribution in [-0.2, 0) is 4.79 Å². The van der Waals surface area contributed by atoms with Crippen molar-refractivity contribution in [2.75, 3.05) is 6.54 Å². The summed E-state index contributed by atoms with van der Waals surface area (Å²) < 4.78 is 0. The van der Waals surface area contributed by atoms with Crippen LogP contribution in [0.1, 0.15) is 52.9 Å². The van der Waals surface area contributed by atoms with E-state index in [2.05, 4.69) is 19.2 Å². The fourth-order valence-corrected chi connectivity index (χ4v) is 2.01. The molecule has 1 fully saturated rings. The minimum atomic E-state index is -0.949. The van der Waals surface area contributed by atoms with E-state index in [1.54, 1.807) is 0 Å². The molecule has 5 heteroatoms. The summed E-state index contributed by atoms with van der Waals surface area (Å²) in [4.78, 5) is 25.1. The molecule has 0 aliphatic heterocycles. The average Bonchev–Trinajstić information content (AvgIpc) is 3.12. The molecule has 1 saturated carbocycles. The molecule has 1 aliphatic rings. The molecule has 0 unspecified atom stereocenters. The molecule has 110 valence electrons. The molecule has 0 spiro atoms. The normalized spacial score (nSPS) is 16.2. The Balaban J connectivity index is 2.53. The van der Waals surface area contributed by atoms with E-state index in [9.17, 15) is 9.59 Å². The number of carbonyl (C=O) groups excluding carboxylic acids is 1. The van der Waals surface area contributed by atoms with Gasteiger partial charge in [-0.3, -0.25) is 0 Å². The molecule has 1 atom stereocenters. The zero-order valence-corrected chi connectivity index (χ0v) is 12.2. The number of rotatable bonds is 8. The Bertz CT molecular complexity index is 314. The molecule has 0 heterocycles. The number of aliphatic carboxylic acids is 1. The summed E-state index contributed by atoms with van der Waals surface area (Å²) in [5, 5.41) is 11.7. The van der Waals surface area contributed by atoms with Crippen molar-refractivity contribution in [1.82, 2.24) is 10.2 Å². The SMILES string of the molecule is CCC[C@@H](NC(=O)N(CCC(C)C)C1CC1)C(=O)O. The Labute approximate surface area is 115 Å². The molecule has 0 aromatic rings. The number of nitrogens with one attached hydrogen (secondary N) is 1. The molecule has 19 heavy (non-hydrogen) atoms. The van der Waals surface area contributed by atoms with E-state index in [0.29, 0.717) is 24.9 Å². The van der Waals surface area contributed by atoms with Crippen molar-refractivity contribution in [1.29, 1.82) is 0 Å². The molecule has 2 amide bonds. The van der Waals surface area contributed by atoms with Crippen molar-refractivity contribution in [2.45, 2.75) is 65.0 Å². The highest BCUT2D eigenvalue weighted by atomic mass is 16.4. The van der Waals surface area contributed by atoms with Gasteiger partial charge in [0.2, 0.25) is 0 Å². The first kappa shape index (κ1) is 15.8. The molecule has 0 radical (unpaired) electrons. The van der Waals surface area contributed by atoms with Crippen LogP contribution in [0.25, 0.3) is 0 Å². The minimum absolute atomic E-state index is 0.219. The van der Waals surface area contributed by atoms with E-state index in [-0.39, 0.29) is 6.03 Å². The van der Waals surface area contributed by atoms with Crippen LogP contribution < -0.4 is 5.32 Å². The number of hydrogen-bond acceptors (Lipinski definition) is 2. The van der Waals surface area contributed by atoms with Crippen LogP contribution in [-0.4, -0.2) is 40.6 Å². The lowest BCUT2D eigenvalue weighted by atomic mass is 10.1. The van der Waals surface area contributed by atoms with E-state index in [1.165, 1.54) is 0 Å². The number of nitrogens with zero attached hydrogens (tertiary/aromatic N) is 1. The van der Waals surface area contributed by atoms with Crippen LogP contribution in [0.15, 0.2) is 0 Å². The quantitative estimate of drug-likeness (QED) is 0.712. The van der Waals surface area contributed by atoms with Gasteiger partial charge in [0.25, 0.3) is 0 Å². The fourth-order valence-electron chi connectivity index (χ4n) is 2.01. The van der Waals surface area contributed by atoms with E-state index >= 15 is 0 Å². The standard InChI is InChI=1S/C14H26N2O3/c1-4-5-12(13(17)18)15-14(19)16(11-6-7-11)9-8-10(2)3/h10-12H,4-9H2,1-3H3,(H,15,19)(H,17,18)/t12-/m1/s1. The predicted octanol–water partition coefficient (Wildman–Crippen LogP) is 2.46. The van der Waals surface area contributed by atoms with Crippen LogP contribution in [0, 0.1) is 5.92 Å². The van der Waals surface area contributed by atoms with Crippen LogP contribution in [0.2, 0.25) is 0 Å². The highest BCUT2D eigenvalue weighted by Crippen LogP contribution is 2.27. The maximum absolute atomic E-state index is 12.2. The summed E-state index contributed by atoms with van der Waals surface area (Å²) in [6.45, 7) is 6.88. The smallest absolute Gasteiger partial charge is 0.326 e. The number of carboxylic acids is 1. The number of amides is 2. The van der Waals surface area contributed by atoms with Gasteiger partial charge in [-0.15, -0.1) is 0 Å². The lowest BCUT2D eigenvalue weighted by Crippen LogP contribution is -2.49. The van der Waals surface area contributed by atoms with E-state index in [1.807, 2.05) is 11.8 Å². The van der Waals surface area contributed by atoms with Gasteiger partial charge in [0.05, 0.1) is 0 Å². The van der Waals surface area contributed by atoms with E-state index < -0.39 is 12.0 Å². The third-order valence-electron chi connectivity index (χ3n) is 3.37. The van der Waals surface area contributed by atoms with Gasteiger partial charge in [0, 0.05) is 12.6 Å². The molecular formula is C14H26N2O3. The summed E-state index contributed by atoms with van der Waals surface area (Å²) in [5.41, 5.74) is 0. The molecule has 1 rings (SSSR count). The number of carboxylic acid groups (broad SMARTS) is 1. The first-order valence-corrected chi connectivity index (χ1v) is 7.25. The molecule has 0 saturated heterocycles. The lowest BCUT2D eigenvalue weighted by Gasteiger charge is -2.25. The van der Waals surface area contributed by atoms with Crippen molar-refractivity contribution in [3.63, 3.8) is 0 Å². The van der Waals surface area contributed by atoms with Crippen LogP contribution in [0.3, 0.4) is 0 Å². The number of hydrogen-bond donors (Lipinski definition) is 2. The van der Waals surface area contributed by atoms with Gasteiger partial charge in [0.15, 0.2) is 0 Å². The van der Waals surface area contributed by atoms with Gasteiger partial charge in [-0.05, 0) is 31.6 Å². The summed E-state index contributed by atoms with van der Waals surface area (Å²) in [6.07, 6.45) is 4.25. The first-order valence-electron chi connectivity index (χ1n) is 7.25. The van der Waals surface area contributed by atoms with Crippen molar-refractivity contribution in [3.05, 3.63) is 0 Å². The summed E-state index contributed by atoms with van der Waals surface area (Å²) in [5.74, 6) is -0.408. The Morgan fingerprint density at radius 1 is 1.32 bits per heavy atom. The second-order valence-electron chi connectivity index (χ2n) is 5.74. The lowest BCUT2D eigenvalue weighted by molar-refractivity contribution is -0.139. The van der Waals surface area contributed by atoms with Crippen molar-refractivity contribution < 1.29 is 14.7 Å². The highest BCUT2D eigenvalue weighted by molar-refractivity contribution is 5.82. The third kappa shape index (κ3) is 5.49. The Kier molecular flexibility index (Phi) is 6.12. The molecule has 0 aromatic heterocycles. The maximum Gasteiger partial charge on any atom is 0.326 e. The molecule has 0 aromatic carbocycles. The topological polar surface area (TPSA) is 69.6 Å². The number of urea groups is 1. The van der Waals surface area contributed by atoms with Crippen molar-refractivity contribution in [2.24, 2.45) is 5.92 Å². The maximum atomic E-state index is 12.2. The summed E-state index contributed by atoms with van der Waals surface area (Å²) in [7, 11) is 0. The van der Waals surface area contributed by atoms with Gasteiger partial charge in [-0.2, -0.15) is 0 Å². The molecule has 5 nitrogen and oxygen atoms in total. The molecule has 1 aliphatic carbocycles. The van der Waals surface area contributed by atoms with Gasteiger partial charge in [0.1, 0.15) is 6.04 Å². The average molecular weight is 270 g/mol. The Hall–Kier alpha value is -1.26. The summed E-state index contributed by atoms with van der Waals surface area (Å²) >= 11 is 0. The monoisotopic (exact) mass is 270 g/mol. The van der Waals surface area contributed by atoms with Gasteiger partial charge < -0.3 is 15.3 Å². The van der Waals surface area contributed by atoms with E-state index in [0.717, 1.165) is 25.7 Å². The number of carbonyl (C=O) groups is 2. The highest BCUT2D eigenvalue weighted by Gasteiger charge is 2.33. The zero-order valence-electron chi connectivity index (χ0n) is 12.2. The van der Waals surface area contributed by atoms with Crippen LogP contribution in [0.5, 0.6) is 0 Å². The minimum Gasteiger partial charge on any atom is -0.480 e. The first-order chi connectivity index (χ1) is 8.95. The Morgan fingerprint density at radius 3 is 2.37 bits per heavy atom. The molecule has 2 N–H and O–H groups in total. The largest absolute Gasteiger partial charge is 0.480 e.